The molecule has 0 amide bonds. The van der Waals surface area contributed by atoms with Gasteiger partial charge in [-0.15, -0.1) is 37.2 Å². The Bertz CT molecular complexity index is 1270. The molecule has 9 heteroatoms. The fourth-order valence-corrected chi connectivity index (χ4v) is 6.67. The number of benzene rings is 2. The van der Waals surface area contributed by atoms with Crippen molar-refractivity contribution in [3.05, 3.63) is 59.8 Å². The van der Waals surface area contributed by atoms with Crippen molar-refractivity contribution in [2.45, 2.75) is 124 Å². The van der Waals surface area contributed by atoms with Gasteiger partial charge in [0.05, 0.1) is 12.6 Å². The molecule has 0 spiro atoms. The van der Waals surface area contributed by atoms with Crippen LogP contribution in [0.25, 0.3) is 10.9 Å². The van der Waals surface area contributed by atoms with Crippen LogP contribution in [0.1, 0.15) is 140 Å². The first kappa shape index (κ1) is 48.0. The number of hydrogen-bond donors (Lipinski definition) is 2. The van der Waals surface area contributed by atoms with Crippen LogP contribution in [-0.4, -0.2) is 59.9 Å². The van der Waals surface area contributed by atoms with Gasteiger partial charge in [0.2, 0.25) is 0 Å². The molecule has 1 aromatic heterocycles. The Morgan fingerprint density at radius 3 is 1.84 bits per heavy atom. The second-order valence-corrected chi connectivity index (χ2v) is 13.5. The zero-order valence-corrected chi connectivity index (χ0v) is 34.2. The molecule has 3 rings (SSSR count). The first-order valence-corrected chi connectivity index (χ1v) is 19.1. The van der Waals surface area contributed by atoms with Gasteiger partial charge < -0.3 is 20.4 Å². The molecule has 0 bridgehead atoms. The lowest BCUT2D eigenvalue weighted by atomic mass is 9.83. The van der Waals surface area contributed by atoms with Crippen molar-refractivity contribution in [3.63, 3.8) is 0 Å². The van der Waals surface area contributed by atoms with Crippen molar-refractivity contribution < 1.29 is 9.53 Å². The lowest BCUT2D eigenvalue weighted by Gasteiger charge is -2.36. The second kappa shape index (κ2) is 27.7. The van der Waals surface area contributed by atoms with Crippen molar-refractivity contribution in [3.8, 4) is 5.75 Å². The van der Waals surface area contributed by atoms with Gasteiger partial charge in [0, 0.05) is 40.3 Å². The smallest absolute Gasteiger partial charge is 0.167 e. The van der Waals surface area contributed by atoms with Gasteiger partial charge in [-0.25, -0.2) is 0 Å². The van der Waals surface area contributed by atoms with E-state index in [0.29, 0.717) is 6.61 Å². The molecule has 2 unspecified atom stereocenters. The summed E-state index contributed by atoms with van der Waals surface area (Å²) in [6.45, 7) is 17.3. The summed E-state index contributed by atoms with van der Waals surface area (Å²) in [5.41, 5.74) is 9.91. The highest BCUT2D eigenvalue weighted by atomic mass is 35.5. The number of unbranched alkanes of at least 4 members (excludes halogenated alkanes) is 6. The standard InChI is InChI=1S/C41H66N4O2.3ClH/c1-6-11-16-18-37(40(45(28-14-9-4)29-15-10-5)39-32-34-31-35(42)21-24-38(34)43-39)41(46)33-19-22-36(23-20-33)47-30-17-27-44(25-12-7-2)26-13-8-3;;;/h19-24,31-32,37,40,43H,6-18,25-30,42H2,1-5H3;3*1H. The molecule has 6 nitrogen and oxygen atoms in total. The van der Waals surface area contributed by atoms with E-state index in [4.69, 9.17) is 10.5 Å². The number of H-pyrrole nitrogens is 1. The Kier molecular flexibility index (Phi) is 26.6. The third-order valence-corrected chi connectivity index (χ3v) is 9.49. The summed E-state index contributed by atoms with van der Waals surface area (Å²) in [5.74, 6) is 0.927. The van der Waals surface area contributed by atoms with Crippen molar-refractivity contribution in [1.29, 1.82) is 0 Å². The summed E-state index contributed by atoms with van der Waals surface area (Å²) in [7, 11) is 0. The zero-order valence-electron chi connectivity index (χ0n) is 31.7. The van der Waals surface area contributed by atoms with Crippen LogP contribution >= 0.6 is 37.2 Å². The predicted octanol–water partition coefficient (Wildman–Crippen LogP) is 11.7. The number of fused-ring (bicyclic) bond motifs is 1. The largest absolute Gasteiger partial charge is 0.494 e. The van der Waals surface area contributed by atoms with Gasteiger partial charge in [-0.05, 0) is 113 Å². The van der Waals surface area contributed by atoms with E-state index in [1.807, 2.05) is 36.4 Å². The highest BCUT2D eigenvalue weighted by molar-refractivity contribution is 5.98. The third-order valence-electron chi connectivity index (χ3n) is 9.49. The summed E-state index contributed by atoms with van der Waals surface area (Å²) in [6.07, 6.45) is 14.6. The van der Waals surface area contributed by atoms with E-state index in [9.17, 15) is 4.79 Å². The number of Topliss-reactive ketones (excluding diaryl/α,β-unsaturated/α-hetero) is 1. The maximum atomic E-state index is 14.6. The topological polar surface area (TPSA) is 74.6 Å². The average molecular weight is 756 g/mol. The van der Waals surface area contributed by atoms with E-state index < -0.39 is 0 Å². The maximum Gasteiger partial charge on any atom is 0.167 e. The van der Waals surface area contributed by atoms with Crippen LogP contribution in [0.5, 0.6) is 5.75 Å². The first-order chi connectivity index (χ1) is 22.9. The van der Waals surface area contributed by atoms with Crippen LogP contribution in [0, 0.1) is 5.92 Å². The van der Waals surface area contributed by atoms with E-state index >= 15 is 0 Å². The van der Waals surface area contributed by atoms with Crippen molar-refractivity contribution >= 4 is 59.6 Å². The highest BCUT2D eigenvalue weighted by Gasteiger charge is 2.35. The van der Waals surface area contributed by atoms with Crippen LogP contribution in [-0.2, 0) is 0 Å². The van der Waals surface area contributed by atoms with E-state index in [-0.39, 0.29) is 55.0 Å². The maximum absolute atomic E-state index is 14.6. The molecule has 0 saturated carbocycles. The normalized spacial score (nSPS) is 12.3. The van der Waals surface area contributed by atoms with E-state index in [1.165, 1.54) is 38.8 Å². The summed E-state index contributed by atoms with van der Waals surface area (Å²) in [6, 6.07) is 16.2. The number of nitrogens with two attached hydrogens (primary N) is 1. The number of nitrogens with one attached hydrogen (secondary N) is 1. The first-order valence-electron chi connectivity index (χ1n) is 19.1. The molecule has 0 fully saturated rings. The number of ether oxygens (including phenoxy) is 1. The number of carbonyl (C=O) groups is 1. The minimum atomic E-state index is -0.148. The van der Waals surface area contributed by atoms with Gasteiger partial charge in [0.25, 0.3) is 0 Å². The number of hydrogen-bond acceptors (Lipinski definition) is 5. The Hall–Kier alpha value is -1.96. The van der Waals surface area contributed by atoms with Gasteiger partial charge in [-0.1, -0.05) is 79.6 Å². The number of aromatic nitrogens is 1. The predicted molar refractivity (Wildman–Crippen MR) is 223 cm³/mol. The van der Waals surface area contributed by atoms with Crippen LogP contribution in [0.2, 0.25) is 0 Å². The number of anilines is 1. The fourth-order valence-electron chi connectivity index (χ4n) is 6.67. The van der Waals surface area contributed by atoms with Crippen molar-refractivity contribution in [1.82, 2.24) is 14.8 Å². The van der Waals surface area contributed by atoms with Crippen LogP contribution in [0.3, 0.4) is 0 Å². The average Bonchev–Trinajstić information content (AvgIpc) is 3.50. The van der Waals surface area contributed by atoms with Crippen molar-refractivity contribution in [2.75, 3.05) is 45.1 Å². The number of carbonyl (C=O) groups excluding carboxylic acids is 1. The van der Waals surface area contributed by atoms with E-state index in [1.54, 1.807) is 0 Å². The lowest BCUT2D eigenvalue weighted by molar-refractivity contribution is 0.0734. The van der Waals surface area contributed by atoms with Gasteiger partial charge >= 0.3 is 0 Å². The molecule has 286 valence electrons. The summed E-state index contributed by atoms with van der Waals surface area (Å²) < 4.78 is 6.17. The van der Waals surface area contributed by atoms with E-state index in [2.05, 4.69) is 61.5 Å². The Morgan fingerprint density at radius 2 is 1.26 bits per heavy atom. The molecule has 0 radical (unpaired) electrons. The number of nitrogens with zero attached hydrogens (tertiary/aromatic N) is 2. The number of nitrogen functional groups attached to an aromatic ring is 1. The molecule has 2 aromatic carbocycles. The van der Waals surface area contributed by atoms with E-state index in [0.717, 1.165) is 111 Å². The second-order valence-electron chi connectivity index (χ2n) is 13.5. The van der Waals surface area contributed by atoms with Gasteiger partial charge in [0.1, 0.15) is 5.75 Å². The highest BCUT2D eigenvalue weighted by Crippen LogP contribution is 2.37. The van der Waals surface area contributed by atoms with Gasteiger partial charge in [0.15, 0.2) is 5.78 Å². The van der Waals surface area contributed by atoms with Gasteiger partial charge in [-0.3, -0.25) is 9.69 Å². The minimum absolute atomic E-state index is 0. The number of ketones is 1. The van der Waals surface area contributed by atoms with Crippen LogP contribution in [0.4, 0.5) is 5.69 Å². The molecule has 0 aliphatic carbocycles. The molecule has 0 saturated heterocycles. The minimum Gasteiger partial charge on any atom is -0.494 e. The van der Waals surface area contributed by atoms with Crippen LogP contribution in [0.15, 0.2) is 48.5 Å². The molecule has 3 N–H and O–H groups in total. The third kappa shape index (κ3) is 15.7. The summed E-state index contributed by atoms with van der Waals surface area (Å²) in [5, 5.41) is 1.11. The molecule has 0 aliphatic heterocycles. The molecule has 2 atom stereocenters. The summed E-state index contributed by atoms with van der Waals surface area (Å²) >= 11 is 0. The number of rotatable bonds is 26. The SMILES string of the molecule is CCCCCC(C(=O)c1ccc(OCCCN(CCCC)CCCC)cc1)C(c1cc2cc(N)ccc2[nH]1)N(CCCC)CCCC.Cl.Cl.Cl. The molecular weight excluding hydrogens is 687 g/mol. The molecule has 0 aliphatic rings. The summed E-state index contributed by atoms with van der Waals surface area (Å²) in [4.78, 5) is 23.5. The Labute approximate surface area is 323 Å². The Balaban J connectivity index is 0.00000800. The van der Waals surface area contributed by atoms with Crippen molar-refractivity contribution in [2.24, 2.45) is 5.92 Å². The quantitative estimate of drug-likeness (QED) is 0.0485. The zero-order chi connectivity index (χ0) is 33.9. The molecular formula is C41H69Cl3N4O2. The monoisotopic (exact) mass is 754 g/mol. The molecule has 1 heterocycles. The van der Waals surface area contributed by atoms with Gasteiger partial charge in [-0.2, -0.15) is 0 Å². The number of halogens is 3. The van der Waals surface area contributed by atoms with Crippen LogP contribution < -0.4 is 10.5 Å². The molecule has 3 aromatic rings. The molecule has 50 heavy (non-hydrogen) atoms. The Morgan fingerprint density at radius 1 is 0.700 bits per heavy atom. The lowest BCUT2D eigenvalue weighted by Crippen LogP contribution is -2.39. The number of aromatic amines is 1. The fraction of sp³-hybridized carbons (Fsp3) is 0.634.